The lowest BCUT2D eigenvalue weighted by molar-refractivity contribution is 1.20. The van der Waals surface area contributed by atoms with E-state index in [0.29, 0.717) is 0 Å². The average Bonchev–Trinajstić information content (AvgIpc) is 2.27. The van der Waals surface area contributed by atoms with Crippen LogP contribution in [0.2, 0.25) is 0 Å². The fourth-order valence-corrected chi connectivity index (χ4v) is 2.06. The van der Waals surface area contributed by atoms with Gasteiger partial charge in [0.25, 0.3) is 0 Å². The summed E-state index contributed by atoms with van der Waals surface area (Å²) in [4.78, 5) is 8.78. The van der Waals surface area contributed by atoms with Crippen LogP contribution in [-0.4, -0.2) is 17.7 Å². The topological polar surface area (TPSA) is 28.5 Å². The van der Waals surface area contributed by atoms with Crippen molar-refractivity contribution in [3.05, 3.63) is 30.3 Å². The molecule has 4 heteroatoms. The molecule has 2 heterocycles. The first-order valence-electron chi connectivity index (χ1n) is 4.70. The largest absolute Gasteiger partial charge is 0.300 e. The van der Waals surface area contributed by atoms with Crippen molar-refractivity contribution >= 4 is 44.8 Å². The molecule has 0 radical (unpaired) electrons. The van der Waals surface area contributed by atoms with Crippen LogP contribution in [0.25, 0.3) is 10.9 Å². The number of hydrogen-bond donors (Lipinski definition) is 0. The van der Waals surface area contributed by atoms with Crippen LogP contribution >= 0.6 is 16.1 Å². The SMILES string of the molecule is BrN1CC=Nc2nc3ccccc3cc21. The maximum Gasteiger partial charge on any atom is 0.176 e. The summed E-state index contributed by atoms with van der Waals surface area (Å²) in [7, 11) is 0. The molecule has 0 amide bonds. The number of pyridine rings is 1. The zero-order chi connectivity index (χ0) is 10.3. The molecule has 0 aliphatic carbocycles. The molecular formula is C11H8BrN3. The Morgan fingerprint density at radius 3 is 3.07 bits per heavy atom. The third kappa shape index (κ3) is 1.41. The molecule has 1 aromatic heterocycles. The normalized spacial score (nSPS) is 14.3. The molecule has 3 nitrogen and oxygen atoms in total. The Bertz CT molecular complexity index is 551. The van der Waals surface area contributed by atoms with Gasteiger partial charge in [-0.05, 0) is 12.1 Å². The lowest BCUT2D eigenvalue weighted by Crippen LogP contribution is -2.15. The van der Waals surface area contributed by atoms with E-state index in [1.54, 1.807) is 0 Å². The van der Waals surface area contributed by atoms with Gasteiger partial charge in [0, 0.05) is 11.6 Å². The van der Waals surface area contributed by atoms with Gasteiger partial charge in [-0.3, -0.25) is 3.93 Å². The Kier molecular flexibility index (Phi) is 1.95. The fraction of sp³-hybridized carbons (Fsp3) is 0.0909. The smallest absolute Gasteiger partial charge is 0.176 e. The third-order valence-corrected chi connectivity index (χ3v) is 3.07. The van der Waals surface area contributed by atoms with E-state index in [0.717, 1.165) is 29.0 Å². The molecule has 2 aromatic rings. The maximum atomic E-state index is 4.50. The van der Waals surface area contributed by atoms with Crippen LogP contribution in [0.4, 0.5) is 11.5 Å². The van der Waals surface area contributed by atoms with E-state index in [1.165, 1.54) is 0 Å². The second-order valence-electron chi connectivity index (χ2n) is 3.38. The second-order valence-corrected chi connectivity index (χ2v) is 4.24. The monoisotopic (exact) mass is 261 g/mol. The Morgan fingerprint density at radius 2 is 2.13 bits per heavy atom. The van der Waals surface area contributed by atoms with Crippen LogP contribution in [0.1, 0.15) is 0 Å². The van der Waals surface area contributed by atoms with Gasteiger partial charge in [-0.2, -0.15) is 0 Å². The summed E-state index contributed by atoms with van der Waals surface area (Å²) in [5.74, 6) is 0.775. The summed E-state index contributed by atoms with van der Waals surface area (Å²) < 4.78 is 1.97. The van der Waals surface area contributed by atoms with Crippen LogP contribution in [0.5, 0.6) is 0 Å². The molecule has 1 aliphatic heterocycles. The second kappa shape index (κ2) is 3.31. The molecule has 3 rings (SSSR count). The first-order valence-corrected chi connectivity index (χ1v) is 5.41. The highest BCUT2D eigenvalue weighted by Crippen LogP contribution is 2.33. The fourth-order valence-electron chi connectivity index (χ4n) is 1.67. The predicted octanol–water partition coefficient (Wildman–Crippen LogP) is 3.07. The van der Waals surface area contributed by atoms with Crippen LogP contribution in [0, 0.1) is 0 Å². The number of para-hydroxylation sites is 1. The number of hydrogen-bond acceptors (Lipinski definition) is 3. The van der Waals surface area contributed by atoms with Gasteiger partial charge in [-0.1, -0.05) is 18.2 Å². The molecule has 0 saturated heterocycles. The van der Waals surface area contributed by atoms with Crippen LogP contribution in [-0.2, 0) is 0 Å². The standard InChI is InChI=1S/C11H8BrN3/c12-15-6-5-13-11-10(15)7-8-3-1-2-4-9(8)14-11/h1-5,7H,6H2. The molecule has 0 saturated carbocycles. The number of benzene rings is 1. The number of anilines is 1. The van der Waals surface area contributed by atoms with Crippen LogP contribution < -0.4 is 3.93 Å². The predicted molar refractivity (Wildman–Crippen MR) is 66.2 cm³/mol. The van der Waals surface area contributed by atoms with E-state index in [-0.39, 0.29) is 0 Å². The Hall–Kier alpha value is -1.42. The molecule has 0 spiro atoms. The van der Waals surface area contributed by atoms with E-state index in [1.807, 2.05) is 28.3 Å². The van der Waals surface area contributed by atoms with Gasteiger partial charge in [0.05, 0.1) is 33.9 Å². The molecule has 1 aliphatic rings. The highest BCUT2D eigenvalue weighted by Gasteiger charge is 2.13. The number of fused-ring (bicyclic) bond motifs is 2. The lowest BCUT2D eigenvalue weighted by Gasteiger charge is -2.19. The zero-order valence-corrected chi connectivity index (χ0v) is 9.48. The highest BCUT2D eigenvalue weighted by molar-refractivity contribution is 9.10. The quantitative estimate of drug-likeness (QED) is 0.682. The summed E-state index contributed by atoms with van der Waals surface area (Å²) in [6.45, 7) is 0.771. The van der Waals surface area contributed by atoms with Gasteiger partial charge in [0.2, 0.25) is 0 Å². The van der Waals surface area contributed by atoms with E-state index in [4.69, 9.17) is 0 Å². The lowest BCUT2D eigenvalue weighted by atomic mass is 10.2. The van der Waals surface area contributed by atoms with Crippen molar-refractivity contribution in [2.45, 2.75) is 0 Å². The molecule has 0 atom stereocenters. The number of halogens is 1. The van der Waals surface area contributed by atoms with Crippen molar-refractivity contribution in [2.24, 2.45) is 4.99 Å². The molecule has 15 heavy (non-hydrogen) atoms. The highest BCUT2D eigenvalue weighted by atomic mass is 79.9. The number of nitrogens with zero attached hydrogens (tertiary/aromatic N) is 3. The van der Waals surface area contributed by atoms with Crippen molar-refractivity contribution in [2.75, 3.05) is 10.5 Å². The van der Waals surface area contributed by atoms with Crippen molar-refractivity contribution in [1.82, 2.24) is 4.98 Å². The maximum absolute atomic E-state index is 4.50. The van der Waals surface area contributed by atoms with Crippen LogP contribution in [0.15, 0.2) is 35.3 Å². The molecular weight excluding hydrogens is 254 g/mol. The minimum Gasteiger partial charge on any atom is -0.300 e. The van der Waals surface area contributed by atoms with Gasteiger partial charge >= 0.3 is 0 Å². The molecule has 74 valence electrons. The molecule has 0 bridgehead atoms. The minimum atomic E-state index is 0.771. The number of aromatic nitrogens is 1. The zero-order valence-electron chi connectivity index (χ0n) is 7.89. The molecule has 0 unspecified atom stereocenters. The van der Waals surface area contributed by atoms with Gasteiger partial charge in [0.15, 0.2) is 5.82 Å². The van der Waals surface area contributed by atoms with Crippen molar-refractivity contribution in [3.8, 4) is 0 Å². The summed E-state index contributed by atoms with van der Waals surface area (Å²) in [6.07, 6.45) is 1.85. The first-order chi connectivity index (χ1) is 7.34. The summed E-state index contributed by atoms with van der Waals surface area (Å²) in [6, 6.07) is 10.2. The Balaban J connectivity index is 2.33. The van der Waals surface area contributed by atoms with Crippen LogP contribution in [0.3, 0.4) is 0 Å². The summed E-state index contributed by atoms with van der Waals surface area (Å²) in [5, 5.41) is 1.14. The Morgan fingerprint density at radius 1 is 1.27 bits per heavy atom. The van der Waals surface area contributed by atoms with Gasteiger partial charge in [-0.25, -0.2) is 9.98 Å². The van der Waals surface area contributed by atoms with Gasteiger partial charge in [-0.15, -0.1) is 0 Å². The molecule has 1 aromatic carbocycles. The Labute approximate surface area is 95.8 Å². The number of rotatable bonds is 0. The van der Waals surface area contributed by atoms with Crippen molar-refractivity contribution in [1.29, 1.82) is 0 Å². The summed E-state index contributed by atoms with van der Waals surface area (Å²) in [5.41, 5.74) is 2.01. The minimum absolute atomic E-state index is 0.771. The molecule has 0 fully saturated rings. The van der Waals surface area contributed by atoms with Crippen molar-refractivity contribution < 1.29 is 0 Å². The van der Waals surface area contributed by atoms with E-state index < -0.39 is 0 Å². The van der Waals surface area contributed by atoms with E-state index in [2.05, 4.69) is 38.3 Å². The van der Waals surface area contributed by atoms with E-state index in [9.17, 15) is 0 Å². The first kappa shape index (κ1) is 8.85. The van der Waals surface area contributed by atoms with E-state index >= 15 is 0 Å². The van der Waals surface area contributed by atoms with Gasteiger partial charge < -0.3 is 0 Å². The summed E-state index contributed by atoms with van der Waals surface area (Å²) >= 11 is 3.47. The number of aliphatic imine (C=N–C) groups is 1. The average molecular weight is 262 g/mol. The van der Waals surface area contributed by atoms with Gasteiger partial charge in [0.1, 0.15) is 0 Å². The van der Waals surface area contributed by atoms with Crippen molar-refractivity contribution in [3.63, 3.8) is 0 Å². The third-order valence-electron chi connectivity index (χ3n) is 2.40. The molecule has 0 N–H and O–H groups in total.